The van der Waals surface area contributed by atoms with Crippen molar-refractivity contribution in [3.63, 3.8) is 0 Å². The number of anilines is 2. The van der Waals surface area contributed by atoms with Crippen LogP contribution in [0.3, 0.4) is 0 Å². The van der Waals surface area contributed by atoms with Crippen LogP contribution in [0.5, 0.6) is 0 Å². The fourth-order valence-electron chi connectivity index (χ4n) is 4.69. The fourth-order valence-corrected chi connectivity index (χ4v) is 4.69. The molecule has 0 aromatic carbocycles. The standard InChI is InChI=1S/C20H26N6O/c27-19-7-4-9-25(19)16-11-23-26(13-16)15-8-10-24(12-15)20-17-5-2-1-3-6-18(17)21-14-22-20/h11,13-15H,1-10,12H2. The smallest absolute Gasteiger partial charge is 0.227 e. The van der Waals surface area contributed by atoms with Gasteiger partial charge in [-0.1, -0.05) is 6.42 Å². The van der Waals surface area contributed by atoms with E-state index in [-0.39, 0.29) is 5.91 Å². The Kier molecular flexibility index (Phi) is 4.30. The molecular weight excluding hydrogens is 340 g/mol. The molecule has 7 nitrogen and oxygen atoms in total. The molecule has 4 heterocycles. The van der Waals surface area contributed by atoms with Crippen LogP contribution in [0.15, 0.2) is 18.7 Å². The van der Waals surface area contributed by atoms with Crippen LogP contribution in [0.1, 0.15) is 55.8 Å². The van der Waals surface area contributed by atoms with Gasteiger partial charge < -0.3 is 9.80 Å². The predicted octanol–water partition coefficient (Wildman–Crippen LogP) is 2.52. The molecule has 0 bridgehead atoms. The van der Waals surface area contributed by atoms with Gasteiger partial charge in [0, 0.05) is 43.5 Å². The van der Waals surface area contributed by atoms with Crippen molar-refractivity contribution in [2.24, 2.45) is 0 Å². The molecule has 0 spiro atoms. The summed E-state index contributed by atoms with van der Waals surface area (Å²) in [6.07, 6.45) is 14.2. The number of carbonyl (C=O) groups is 1. The second kappa shape index (κ2) is 6.94. The molecule has 2 aromatic heterocycles. The van der Waals surface area contributed by atoms with Crippen molar-refractivity contribution in [3.05, 3.63) is 30.0 Å². The minimum Gasteiger partial charge on any atom is -0.354 e. The van der Waals surface area contributed by atoms with Crippen LogP contribution in [0.4, 0.5) is 11.5 Å². The van der Waals surface area contributed by atoms with E-state index in [1.807, 2.05) is 22.0 Å². The van der Waals surface area contributed by atoms with E-state index in [1.165, 1.54) is 30.5 Å². The highest BCUT2D eigenvalue weighted by atomic mass is 16.2. The molecule has 1 amide bonds. The molecule has 1 aliphatic carbocycles. The minimum absolute atomic E-state index is 0.214. The lowest BCUT2D eigenvalue weighted by molar-refractivity contribution is -0.117. The van der Waals surface area contributed by atoms with Crippen LogP contribution in [0.25, 0.3) is 0 Å². The third-order valence-corrected chi connectivity index (χ3v) is 6.16. The number of carbonyl (C=O) groups excluding carboxylic acids is 1. The Morgan fingerprint density at radius 1 is 1.00 bits per heavy atom. The molecule has 5 rings (SSSR count). The van der Waals surface area contributed by atoms with E-state index >= 15 is 0 Å². The molecule has 7 heteroatoms. The van der Waals surface area contributed by atoms with E-state index < -0.39 is 0 Å². The Morgan fingerprint density at radius 2 is 1.93 bits per heavy atom. The van der Waals surface area contributed by atoms with Gasteiger partial charge in [0.25, 0.3) is 0 Å². The number of aryl methyl sites for hydroxylation is 1. The normalized spacial score (nSPS) is 23.0. The van der Waals surface area contributed by atoms with Gasteiger partial charge in [-0.15, -0.1) is 0 Å². The summed E-state index contributed by atoms with van der Waals surface area (Å²) in [4.78, 5) is 25.4. The second-order valence-corrected chi connectivity index (χ2v) is 7.90. The Labute approximate surface area is 159 Å². The molecule has 3 aliphatic rings. The zero-order valence-corrected chi connectivity index (χ0v) is 15.7. The first-order valence-electron chi connectivity index (χ1n) is 10.2. The van der Waals surface area contributed by atoms with Crippen LogP contribution in [0.2, 0.25) is 0 Å². The fraction of sp³-hybridized carbons (Fsp3) is 0.600. The molecule has 2 fully saturated rings. The maximum absolute atomic E-state index is 12.0. The van der Waals surface area contributed by atoms with E-state index in [1.54, 1.807) is 6.33 Å². The van der Waals surface area contributed by atoms with Crippen molar-refractivity contribution < 1.29 is 4.79 Å². The first-order valence-corrected chi connectivity index (χ1v) is 10.2. The summed E-state index contributed by atoms with van der Waals surface area (Å²) in [5.74, 6) is 1.35. The van der Waals surface area contributed by atoms with Gasteiger partial charge in [0.1, 0.15) is 12.1 Å². The summed E-state index contributed by atoms with van der Waals surface area (Å²) >= 11 is 0. The number of fused-ring (bicyclic) bond motifs is 1. The number of hydrogen-bond donors (Lipinski definition) is 0. The van der Waals surface area contributed by atoms with Crippen molar-refractivity contribution >= 4 is 17.4 Å². The summed E-state index contributed by atoms with van der Waals surface area (Å²) in [5.41, 5.74) is 3.54. The zero-order valence-electron chi connectivity index (χ0n) is 15.7. The number of amides is 1. The average molecular weight is 366 g/mol. The Hall–Kier alpha value is -2.44. The lowest BCUT2D eigenvalue weighted by atomic mass is 10.1. The Balaban J connectivity index is 1.34. The monoisotopic (exact) mass is 366 g/mol. The summed E-state index contributed by atoms with van der Waals surface area (Å²) in [6, 6.07) is 0.327. The van der Waals surface area contributed by atoms with Crippen molar-refractivity contribution in [3.8, 4) is 0 Å². The third kappa shape index (κ3) is 3.09. The quantitative estimate of drug-likeness (QED) is 0.781. The maximum Gasteiger partial charge on any atom is 0.227 e. The Morgan fingerprint density at radius 3 is 2.81 bits per heavy atom. The molecule has 2 aromatic rings. The van der Waals surface area contributed by atoms with Crippen molar-refractivity contribution in [2.45, 2.75) is 57.4 Å². The van der Waals surface area contributed by atoms with Crippen molar-refractivity contribution in [1.82, 2.24) is 19.7 Å². The van der Waals surface area contributed by atoms with Crippen molar-refractivity contribution in [1.29, 1.82) is 0 Å². The zero-order chi connectivity index (χ0) is 18.2. The number of rotatable bonds is 3. The Bertz CT molecular complexity index is 847. The van der Waals surface area contributed by atoms with Gasteiger partial charge in [0.05, 0.1) is 17.9 Å². The van der Waals surface area contributed by atoms with E-state index in [9.17, 15) is 4.79 Å². The van der Waals surface area contributed by atoms with Gasteiger partial charge in [-0.2, -0.15) is 5.10 Å². The molecule has 0 N–H and O–H groups in total. The van der Waals surface area contributed by atoms with Gasteiger partial charge in [0.2, 0.25) is 5.91 Å². The molecule has 2 aliphatic heterocycles. The highest BCUT2D eigenvalue weighted by molar-refractivity contribution is 5.95. The van der Waals surface area contributed by atoms with Crippen LogP contribution in [0, 0.1) is 0 Å². The molecule has 1 unspecified atom stereocenters. The lowest BCUT2D eigenvalue weighted by Gasteiger charge is -2.21. The van der Waals surface area contributed by atoms with Crippen LogP contribution >= 0.6 is 0 Å². The highest BCUT2D eigenvalue weighted by Gasteiger charge is 2.29. The minimum atomic E-state index is 0.214. The highest BCUT2D eigenvalue weighted by Crippen LogP contribution is 2.32. The molecule has 0 saturated carbocycles. The summed E-state index contributed by atoms with van der Waals surface area (Å²) in [5, 5.41) is 4.57. The molecule has 142 valence electrons. The topological polar surface area (TPSA) is 67.2 Å². The lowest BCUT2D eigenvalue weighted by Crippen LogP contribution is -2.24. The summed E-state index contributed by atoms with van der Waals surface area (Å²) < 4.78 is 2.04. The third-order valence-electron chi connectivity index (χ3n) is 6.16. The van der Waals surface area contributed by atoms with E-state index in [4.69, 9.17) is 0 Å². The molecular formula is C20H26N6O. The van der Waals surface area contributed by atoms with Gasteiger partial charge in [0.15, 0.2) is 0 Å². The van der Waals surface area contributed by atoms with Gasteiger partial charge in [-0.25, -0.2) is 9.97 Å². The SMILES string of the molecule is O=C1CCCN1c1cnn(C2CCN(c3ncnc4c3CCCCC4)C2)c1. The second-order valence-electron chi connectivity index (χ2n) is 7.90. The first-order chi connectivity index (χ1) is 13.3. The number of aromatic nitrogens is 4. The first kappa shape index (κ1) is 16.7. The molecule has 27 heavy (non-hydrogen) atoms. The van der Waals surface area contributed by atoms with E-state index in [0.29, 0.717) is 12.5 Å². The largest absolute Gasteiger partial charge is 0.354 e. The molecule has 0 radical (unpaired) electrons. The summed E-state index contributed by atoms with van der Waals surface area (Å²) in [6.45, 7) is 2.72. The summed E-state index contributed by atoms with van der Waals surface area (Å²) in [7, 11) is 0. The van der Waals surface area contributed by atoms with Crippen LogP contribution in [-0.2, 0) is 17.6 Å². The molecule has 2 saturated heterocycles. The average Bonchev–Trinajstić information content (AvgIpc) is 3.39. The number of hydrogen-bond acceptors (Lipinski definition) is 5. The molecule has 1 atom stereocenters. The van der Waals surface area contributed by atoms with Crippen molar-refractivity contribution in [2.75, 3.05) is 29.4 Å². The van der Waals surface area contributed by atoms with Crippen LogP contribution < -0.4 is 9.80 Å². The van der Waals surface area contributed by atoms with Gasteiger partial charge in [-0.3, -0.25) is 9.48 Å². The maximum atomic E-state index is 12.0. The van der Waals surface area contributed by atoms with Gasteiger partial charge in [-0.05, 0) is 38.5 Å². The predicted molar refractivity (Wildman–Crippen MR) is 103 cm³/mol. The van der Waals surface area contributed by atoms with E-state index in [0.717, 1.165) is 56.8 Å². The number of nitrogens with zero attached hydrogens (tertiary/aromatic N) is 6. The van der Waals surface area contributed by atoms with E-state index in [2.05, 4.69) is 20.0 Å². The van der Waals surface area contributed by atoms with Gasteiger partial charge >= 0.3 is 0 Å². The van der Waals surface area contributed by atoms with Crippen LogP contribution in [-0.4, -0.2) is 45.3 Å².